The maximum Gasteiger partial charge on any atom is -0.0388 e. The topological polar surface area (TPSA) is 0 Å². The number of unbranched alkanes of at least 4 members (excludes halogenated alkanes) is 4. The second-order valence-electron chi connectivity index (χ2n) is 1.68. The maximum absolute atomic E-state index is 2.31. The predicted molar refractivity (Wildman–Crippen MR) is 33.8 cm³/mol. The minimum Gasteiger partial charge on any atom is -0.0651 e. The third-order valence-corrected chi connectivity index (χ3v) is 0.948. The van der Waals surface area contributed by atoms with Crippen LogP contribution in [-0.4, -0.2) is 0 Å². The number of rotatable bonds is 4. The zero-order valence-corrected chi connectivity index (χ0v) is 5.28. The van der Waals surface area contributed by atoms with Gasteiger partial charge in [-0.25, -0.2) is 0 Å². The first kappa shape index (κ1) is 7.00. The van der Waals surface area contributed by atoms with Gasteiger partial charge in [-0.15, -0.1) is 0 Å². The molecule has 0 aliphatic rings. The normalized spacial score (nSPS) is 9.43. The van der Waals surface area contributed by atoms with Gasteiger partial charge in [0.1, 0.15) is 0 Å². The van der Waals surface area contributed by atoms with E-state index in [1.54, 1.807) is 0 Å². The molecule has 0 rings (SSSR count). The van der Waals surface area contributed by atoms with Gasteiger partial charge in [-0.3, -0.25) is 0 Å². The number of hydrogen-bond donors (Lipinski definition) is 0. The van der Waals surface area contributed by atoms with E-state index < -0.39 is 0 Å². The summed E-state index contributed by atoms with van der Waals surface area (Å²) in [5, 5.41) is 0. The largest absolute Gasteiger partial charge is 0.0651 e. The van der Waals surface area contributed by atoms with E-state index in [4.69, 9.17) is 0 Å². The molecule has 0 heteroatoms. The van der Waals surface area contributed by atoms with E-state index in [-0.39, 0.29) is 0 Å². The fourth-order valence-electron chi connectivity index (χ4n) is 0.489. The molecule has 0 nitrogen and oxygen atoms in total. The Balaban J connectivity index is 2.45. The highest BCUT2D eigenvalue weighted by atomic mass is 13.9. The zero-order valence-electron chi connectivity index (χ0n) is 5.28. The minimum absolute atomic E-state index is 1.22. The van der Waals surface area contributed by atoms with E-state index in [2.05, 4.69) is 26.7 Å². The van der Waals surface area contributed by atoms with E-state index in [9.17, 15) is 0 Å². The molecule has 0 saturated carbocycles. The molecular formula is C7H14. The van der Waals surface area contributed by atoms with E-state index in [1.165, 1.54) is 19.3 Å². The summed E-state index contributed by atoms with van der Waals surface area (Å²) in [7, 11) is 0. The Kier molecular flexibility index (Phi) is 6.00. The third kappa shape index (κ3) is 6.00. The van der Waals surface area contributed by atoms with Crippen LogP contribution in [0.2, 0.25) is 0 Å². The second-order valence-corrected chi connectivity index (χ2v) is 1.68. The van der Waals surface area contributed by atoms with E-state index in [1.807, 2.05) is 0 Å². The highest BCUT2D eigenvalue weighted by Crippen LogP contribution is 1.97. The van der Waals surface area contributed by atoms with Gasteiger partial charge in [0.15, 0.2) is 0 Å². The van der Waals surface area contributed by atoms with Gasteiger partial charge < -0.3 is 0 Å². The minimum atomic E-state index is 1.22. The Morgan fingerprint density at radius 1 is 1.29 bits per heavy atom. The predicted octanol–water partition coefficient (Wildman–Crippen LogP) is 2.61. The lowest BCUT2D eigenvalue weighted by atomic mass is 10.2. The molecule has 0 fully saturated rings. The summed E-state index contributed by atoms with van der Waals surface area (Å²) < 4.78 is 0. The molecule has 0 amide bonds. The lowest BCUT2D eigenvalue weighted by Crippen LogP contribution is -1.72. The fraction of sp³-hybridized carbons (Fsp3) is 0.714. The standard InChI is InChI=1S/C7H14/c1-3-5-7-6-4-2/h3,6H,4-5,7H2,1-2H3. The molecular weight excluding hydrogens is 84.1 g/mol. The second kappa shape index (κ2) is 6.00. The molecule has 7 heavy (non-hydrogen) atoms. The lowest BCUT2D eigenvalue weighted by molar-refractivity contribution is 0.864. The van der Waals surface area contributed by atoms with E-state index >= 15 is 0 Å². The van der Waals surface area contributed by atoms with Crippen LogP contribution in [0.4, 0.5) is 0 Å². The summed E-state index contributed by atoms with van der Waals surface area (Å²) in [6, 6.07) is 0. The van der Waals surface area contributed by atoms with Gasteiger partial charge in [0.25, 0.3) is 0 Å². The summed E-state index contributed by atoms with van der Waals surface area (Å²) in [5.41, 5.74) is 0. The zero-order chi connectivity index (χ0) is 5.54. The van der Waals surface area contributed by atoms with Crippen molar-refractivity contribution in [3.8, 4) is 0 Å². The van der Waals surface area contributed by atoms with Crippen molar-refractivity contribution >= 4 is 0 Å². The highest BCUT2D eigenvalue weighted by Gasteiger charge is 1.80. The van der Waals surface area contributed by atoms with Crippen LogP contribution >= 0.6 is 0 Å². The molecule has 0 bridgehead atoms. The quantitative estimate of drug-likeness (QED) is 0.474. The van der Waals surface area contributed by atoms with Gasteiger partial charge >= 0.3 is 0 Å². The first-order valence-corrected chi connectivity index (χ1v) is 3.01. The molecule has 0 spiro atoms. The summed E-state index contributed by atoms with van der Waals surface area (Å²) in [6.45, 7) is 4.28. The first-order valence-electron chi connectivity index (χ1n) is 3.01. The van der Waals surface area contributed by atoms with E-state index in [0.717, 1.165) is 0 Å². The Morgan fingerprint density at radius 2 is 2.00 bits per heavy atom. The maximum atomic E-state index is 2.31. The van der Waals surface area contributed by atoms with Crippen molar-refractivity contribution in [3.05, 3.63) is 12.8 Å². The van der Waals surface area contributed by atoms with Gasteiger partial charge in [-0.05, 0) is 19.3 Å². The highest BCUT2D eigenvalue weighted by molar-refractivity contribution is 4.65. The van der Waals surface area contributed by atoms with E-state index in [0.29, 0.717) is 0 Å². The SMILES string of the molecule is C[CH]CC[CH]CC. The number of hydrogen-bond acceptors (Lipinski definition) is 0. The molecule has 0 aromatic rings. The third-order valence-electron chi connectivity index (χ3n) is 0.948. The monoisotopic (exact) mass is 98.1 g/mol. The van der Waals surface area contributed by atoms with Crippen LogP contribution in [0.15, 0.2) is 0 Å². The molecule has 0 unspecified atom stereocenters. The summed E-state index contributed by atoms with van der Waals surface area (Å²) in [6.07, 6.45) is 8.22. The molecule has 2 radical (unpaired) electrons. The molecule has 42 valence electrons. The molecule has 0 N–H and O–H groups in total. The Bertz CT molecular complexity index is 19.2. The molecule has 0 aliphatic carbocycles. The fourth-order valence-corrected chi connectivity index (χ4v) is 0.489. The van der Waals surface area contributed by atoms with Crippen molar-refractivity contribution in [3.63, 3.8) is 0 Å². The van der Waals surface area contributed by atoms with Crippen molar-refractivity contribution < 1.29 is 0 Å². The Hall–Kier alpha value is 0. The average molecular weight is 98.2 g/mol. The molecule has 0 aromatic heterocycles. The summed E-state index contributed by atoms with van der Waals surface area (Å²) >= 11 is 0. The van der Waals surface area contributed by atoms with Crippen molar-refractivity contribution in [1.82, 2.24) is 0 Å². The Morgan fingerprint density at radius 3 is 2.43 bits per heavy atom. The van der Waals surface area contributed by atoms with Gasteiger partial charge in [0.2, 0.25) is 0 Å². The van der Waals surface area contributed by atoms with Crippen molar-refractivity contribution in [2.75, 3.05) is 0 Å². The van der Waals surface area contributed by atoms with Crippen molar-refractivity contribution in [2.24, 2.45) is 0 Å². The first-order chi connectivity index (χ1) is 3.41. The smallest absolute Gasteiger partial charge is 0.0388 e. The van der Waals surface area contributed by atoms with Crippen LogP contribution in [0.25, 0.3) is 0 Å². The van der Waals surface area contributed by atoms with Gasteiger partial charge in [0, 0.05) is 0 Å². The van der Waals surface area contributed by atoms with Gasteiger partial charge in [0.05, 0.1) is 0 Å². The summed E-state index contributed by atoms with van der Waals surface area (Å²) in [5.74, 6) is 0. The molecule has 0 aromatic carbocycles. The van der Waals surface area contributed by atoms with Gasteiger partial charge in [-0.2, -0.15) is 0 Å². The molecule has 0 heterocycles. The van der Waals surface area contributed by atoms with Crippen LogP contribution in [0.1, 0.15) is 33.1 Å². The van der Waals surface area contributed by atoms with Crippen LogP contribution in [-0.2, 0) is 0 Å². The molecule has 0 saturated heterocycles. The molecule has 0 atom stereocenters. The van der Waals surface area contributed by atoms with Crippen LogP contribution in [0, 0.1) is 12.8 Å². The summed E-state index contributed by atoms with van der Waals surface area (Å²) in [4.78, 5) is 0. The average Bonchev–Trinajstić information content (AvgIpc) is 1.69. The van der Waals surface area contributed by atoms with Crippen molar-refractivity contribution in [2.45, 2.75) is 33.1 Å². The lowest BCUT2D eigenvalue weighted by Gasteiger charge is -1.89. The van der Waals surface area contributed by atoms with Crippen LogP contribution in [0.5, 0.6) is 0 Å². The van der Waals surface area contributed by atoms with Crippen molar-refractivity contribution in [1.29, 1.82) is 0 Å². The Labute approximate surface area is 46.9 Å². The molecule has 0 aliphatic heterocycles. The van der Waals surface area contributed by atoms with Crippen LogP contribution < -0.4 is 0 Å². The van der Waals surface area contributed by atoms with Gasteiger partial charge in [-0.1, -0.05) is 26.7 Å². The van der Waals surface area contributed by atoms with Crippen LogP contribution in [0.3, 0.4) is 0 Å².